The molecule has 0 spiro atoms. The van der Waals surface area contributed by atoms with Crippen molar-refractivity contribution in [2.75, 3.05) is 6.61 Å². The van der Waals surface area contributed by atoms with Crippen LogP contribution in [-0.2, 0) is 12.8 Å². The van der Waals surface area contributed by atoms with Crippen molar-refractivity contribution in [3.05, 3.63) is 40.4 Å². The van der Waals surface area contributed by atoms with Crippen LogP contribution >= 0.6 is 11.6 Å². The molecule has 3 rings (SSSR count). The van der Waals surface area contributed by atoms with E-state index in [4.69, 9.17) is 22.8 Å². The van der Waals surface area contributed by atoms with E-state index >= 15 is 0 Å². The number of nitrogens with zero attached hydrogens (tertiary/aromatic N) is 2. The maximum atomic E-state index is 14.3. The number of fused-ring (bicyclic) bond motifs is 1. The molecule has 2 aromatic rings. The summed E-state index contributed by atoms with van der Waals surface area (Å²) in [7, 11) is 0. The van der Waals surface area contributed by atoms with Crippen molar-refractivity contribution < 1.29 is 9.13 Å². The van der Waals surface area contributed by atoms with Crippen molar-refractivity contribution in [2.45, 2.75) is 25.7 Å². The average Bonchev–Trinajstić information content (AvgIpc) is 2.92. The number of benzene rings is 1. The Morgan fingerprint density at radius 2 is 2.19 bits per heavy atom. The highest BCUT2D eigenvalue weighted by atomic mass is 35.5. The van der Waals surface area contributed by atoms with Crippen LogP contribution in [0.1, 0.15) is 24.1 Å². The first-order valence-corrected chi connectivity index (χ1v) is 7.20. The molecule has 0 unspecified atom stereocenters. The first-order valence-electron chi connectivity index (χ1n) is 6.82. The summed E-state index contributed by atoms with van der Waals surface area (Å²) in [6.45, 7) is 0.108. The van der Waals surface area contributed by atoms with Crippen LogP contribution in [0.5, 0.6) is 5.75 Å². The summed E-state index contributed by atoms with van der Waals surface area (Å²) in [6.07, 6.45) is 11.2. The van der Waals surface area contributed by atoms with E-state index in [2.05, 4.69) is 11.0 Å². The minimum atomic E-state index is -0.510. The van der Waals surface area contributed by atoms with E-state index < -0.39 is 5.82 Å². The molecule has 0 fully saturated rings. The smallest absolute Gasteiger partial charge is 0.167 e. The second kappa shape index (κ2) is 5.79. The van der Waals surface area contributed by atoms with Crippen LogP contribution < -0.4 is 4.74 Å². The fourth-order valence-electron chi connectivity index (χ4n) is 2.52. The van der Waals surface area contributed by atoms with Gasteiger partial charge in [0.2, 0.25) is 0 Å². The lowest BCUT2D eigenvalue weighted by Crippen LogP contribution is -2.03. The van der Waals surface area contributed by atoms with Crippen molar-refractivity contribution in [1.82, 2.24) is 9.78 Å². The maximum Gasteiger partial charge on any atom is 0.167 e. The Bertz CT molecular complexity index is 694. The van der Waals surface area contributed by atoms with E-state index in [1.54, 1.807) is 10.7 Å². The van der Waals surface area contributed by atoms with Crippen molar-refractivity contribution >= 4 is 11.6 Å². The lowest BCUT2D eigenvalue weighted by Gasteiger charge is -2.09. The van der Waals surface area contributed by atoms with Crippen LogP contribution in [0, 0.1) is 18.2 Å². The molecule has 5 heteroatoms. The van der Waals surface area contributed by atoms with E-state index in [1.165, 1.54) is 11.6 Å². The summed E-state index contributed by atoms with van der Waals surface area (Å²) in [5.74, 6) is 2.29. The van der Waals surface area contributed by atoms with Gasteiger partial charge in [-0.05, 0) is 31.2 Å². The summed E-state index contributed by atoms with van der Waals surface area (Å²) in [6, 6.07) is 2.98. The van der Waals surface area contributed by atoms with Gasteiger partial charge in [0.15, 0.2) is 5.82 Å². The van der Waals surface area contributed by atoms with E-state index in [0.717, 1.165) is 31.4 Å². The highest BCUT2D eigenvalue weighted by Gasteiger charge is 2.18. The molecule has 0 saturated carbocycles. The minimum Gasteiger partial charge on any atom is -0.481 e. The summed E-state index contributed by atoms with van der Waals surface area (Å²) < 4.78 is 21.1. The lowest BCUT2D eigenvalue weighted by atomic mass is 9.99. The van der Waals surface area contributed by atoms with E-state index in [-0.39, 0.29) is 17.3 Å². The molecule has 0 atom stereocenters. The van der Waals surface area contributed by atoms with Crippen molar-refractivity contribution in [3.63, 3.8) is 0 Å². The standard InChI is InChI=1S/C16H14ClFN2O/c1-2-7-21-12-8-13(17)16(18)15(9-12)20-10-11-5-3-4-6-14(11)19-20/h1,8-10H,3-7H2. The lowest BCUT2D eigenvalue weighted by molar-refractivity contribution is 0.369. The number of ether oxygens (including phenoxy) is 1. The normalized spacial score (nSPS) is 13.6. The minimum absolute atomic E-state index is 0.00649. The zero-order chi connectivity index (χ0) is 14.8. The Kier molecular flexibility index (Phi) is 3.85. The van der Waals surface area contributed by atoms with Crippen LogP contribution in [0.4, 0.5) is 4.39 Å². The first kappa shape index (κ1) is 14.0. The molecule has 1 aromatic heterocycles. The summed E-state index contributed by atoms with van der Waals surface area (Å²) >= 11 is 5.93. The Morgan fingerprint density at radius 1 is 1.38 bits per heavy atom. The van der Waals surface area contributed by atoms with Crippen molar-refractivity contribution in [1.29, 1.82) is 0 Å². The molecule has 1 aliphatic rings. The largest absolute Gasteiger partial charge is 0.481 e. The van der Waals surface area contributed by atoms with Gasteiger partial charge in [0.25, 0.3) is 0 Å². The second-order valence-corrected chi connectivity index (χ2v) is 5.39. The molecule has 0 saturated heterocycles. The summed E-state index contributed by atoms with van der Waals surface area (Å²) in [5, 5.41) is 4.46. The van der Waals surface area contributed by atoms with Gasteiger partial charge in [0.1, 0.15) is 18.0 Å². The Hall–Kier alpha value is -1.99. The van der Waals surface area contributed by atoms with Gasteiger partial charge in [0.05, 0.1) is 10.7 Å². The Morgan fingerprint density at radius 3 is 2.95 bits per heavy atom. The van der Waals surface area contributed by atoms with Crippen LogP contribution in [0.25, 0.3) is 5.69 Å². The van der Waals surface area contributed by atoms with E-state index in [1.807, 2.05) is 6.20 Å². The third-order valence-electron chi connectivity index (χ3n) is 3.54. The number of aromatic nitrogens is 2. The average molecular weight is 305 g/mol. The molecule has 1 heterocycles. The highest BCUT2D eigenvalue weighted by Crippen LogP contribution is 2.29. The van der Waals surface area contributed by atoms with Gasteiger partial charge >= 0.3 is 0 Å². The maximum absolute atomic E-state index is 14.3. The van der Waals surface area contributed by atoms with Gasteiger partial charge in [-0.1, -0.05) is 17.5 Å². The van der Waals surface area contributed by atoms with Gasteiger partial charge in [-0.3, -0.25) is 0 Å². The molecular weight excluding hydrogens is 291 g/mol. The first-order chi connectivity index (χ1) is 10.2. The fourth-order valence-corrected chi connectivity index (χ4v) is 2.73. The molecule has 0 amide bonds. The molecule has 0 radical (unpaired) electrons. The van der Waals surface area contributed by atoms with Crippen LogP contribution in [0.15, 0.2) is 18.3 Å². The number of aryl methyl sites for hydroxylation is 2. The number of terminal acetylenes is 1. The van der Waals surface area contributed by atoms with E-state index in [9.17, 15) is 4.39 Å². The van der Waals surface area contributed by atoms with E-state index in [0.29, 0.717) is 5.75 Å². The number of hydrogen-bond acceptors (Lipinski definition) is 2. The molecular formula is C16H14ClFN2O. The molecule has 1 aromatic carbocycles. The topological polar surface area (TPSA) is 27.1 Å². The van der Waals surface area contributed by atoms with Crippen molar-refractivity contribution in [2.24, 2.45) is 0 Å². The predicted molar refractivity (Wildman–Crippen MR) is 79.5 cm³/mol. The van der Waals surface area contributed by atoms with Crippen molar-refractivity contribution in [3.8, 4) is 23.8 Å². The molecule has 108 valence electrons. The monoisotopic (exact) mass is 304 g/mol. The SMILES string of the molecule is C#CCOc1cc(Cl)c(F)c(-n2cc3c(n2)CCCC3)c1. The van der Waals surface area contributed by atoms with Gasteiger partial charge < -0.3 is 4.74 Å². The molecule has 0 aliphatic heterocycles. The third-order valence-corrected chi connectivity index (χ3v) is 3.81. The molecule has 0 bridgehead atoms. The highest BCUT2D eigenvalue weighted by molar-refractivity contribution is 6.31. The third kappa shape index (κ3) is 2.74. The van der Waals surface area contributed by atoms with Gasteiger partial charge in [-0.15, -0.1) is 6.42 Å². The quantitative estimate of drug-likeness (QED) is 0.811. The Labute approximate surface area is 127 Å². The zero-order valence-corrected chi connectivity index (χ0v) is 12.2. The summed E-state index contributed by atoms with van der Waals surface area (Å²) in [4.78, 5) is 0. The molecule has 3 nitrogen and oxygen atoms in total. The molecule has 21 heavy (non-hydrogen) atoms. The van der Waals surface area contributed by atoms with Gasteiger partial charge in [0, 0.05) is 18.3 Å². The summed E-state index contributed by atoms with van der Waals surface area (Å²) in [5.41, 5.74) is 2.49. The Balaban J connectivity index is 2.02. The van der Waals surface area contributed by atoms with Gasteiger partial charge in [-0.2, -0.15) is 5.10 Å². The predicted octanol–water partition coefficient (Wildman–Crippen LogP) is 3.56. The number of rotatable bonds is 3. The van der Waals surface area contributed by atoms with Gasteiger partial charge in [-0.25, -0.2) is 9.07 Å². The van der Waals surface area contributed by atoms with Crippen LogP contribution in [0.3, 0.4) is 0 Å². The molecule has 1 aliphatic carbocycles. The second-order valence-electron chi connectivity index (χ2n) is 4.98. The molecule has 0 N–H and O–H groups in total. The number of halogens is 2. The zero-order valence-electron chi connectivity index (χ0n) is 11.4. The fraction of sp³-hybridized carbons (Fsp3) is 0.312. The van der Waals surface area contributed by atoms with Crippen LogP contribution in [-0.4, -0.2) is 16.4 Å². The van der Waals surface area contributed by atoms with Crippen LogP contribution in [0.2, 0.25) is 5.02 Å². The number of hydrogen-bond donors (Lipinski definition) is 0.